The van der Waals surface area contributed by atoms with Gasteiger partial charge in [0.25, 0.3) is 0 Å². The van der Waals surface area contributed by atoms with E-state index in [2.05, 4.69) is 45.0 Å². The molecule has 1 aliphatic heterocycles. The number of nitrogens with zero attached hydrogens (tertiary/aromatic N) is 2. The van der Waals surface area contributed by atoms with E-state index in [4.69, 9.17) is 4.74 Å². The molecule has 0 atom stereocenters. The van der Waals surface area contributed by atoms with E-state index in [1.54, 1.807) is 34.6 Å². The lowest BCUT2D eigenvalue weighted by Gasteiger charge is -2.28. The summed E-state index contributed by atoms with van der Waals surface area (Å²) in [5, 5.41) is 14.4. The van der Waals surface area contributed by atoms with Crippen LogP contribution < -0.4 is 21.6 Å². The number of likely N-dealkylation sites (tertiary alicyclic amines) is 1. The smallest absolute Gasteiger partial charge is 0.408 e. The highest BCUT2D eigenvalue weighted by Gasteiger charge is 2.31. The summed E-state index contributed by atoms with van der Waals surface area (Å²) in [6.45, 7) is 22.1. The zero-order valence-corrected chi connectivity index (χ0v) is 24.5. The highest BCUT2D eigenvalue weighted by atomic mass is 16.6. The Hall–Kier alpha value is -2.89. The molecule has 12 nitrogen and oxygen atoms in total. The van der Waals surface area contributed by atoms with Crippen molar-refractivity contribution in [3.8, 4) is 0 Å². The molecule has 1 aliphatic rings. The third-order valence-corrected chi connectivity index (χ3v) is 4.76. The number of hydrogen-bond acceptors (Lipinski definition) is 7. The largest absolute Gasteiger partial charge is 0.444 e. The SMILES string of the molecule is C.C.CC(C)N1CCCC1=O.CC(C)NC(=O)C(C)(C)NC(=O)OC(C)(C)C.CC(C)NCc1n[nH]c(=O)[nH]1. The molecule has 39 heavy (non-hydrogen) atoms. The molecule has 0 unspecified atom stereocenters. The van der Waals surface area contributed by atoms with E-state index in [1.807, 2.05) is 32.6 Å². The quantitative estimate of drug-likeness (QED) is 0.340. The minimum atomic E-state index is -0.993. The van der Waals surface area contributed by atoms with Gasteiger partial charge in [0.1, 0.15) is 17.0 Å². The van der Waals surface area contributed by atoms with Crippen LogP contribution in [0.25, 0.3) is 0 Å². The van der Waals surface area contributed by atoms with Crippen LogP contribution in [0.1, 0.15) is 110 Å². The molecule has 0 radical (unpaired) electrons. The molecule has 1 fully saturated rings. The van der Waals surface area contributed by atoms with Crippen LogP contribution in [0.4, 0.5) is 4.79 Å². The van der Waals surface area contributed by atoms with E-state index in [0.29, 0.717) is 30.4 Å². The first-order chi connectivity index (χ1) is 16.8. The van der Waals surface area contributed by atoms with Gasteiger partial charge in [-0.05, 0) is 68.7 Å². The molecular weight excluding hydrogens is 502 g/mol. The number of rotatable bonds is 7. The molecule has 1 aromatic rings. The van der Waals surface area contributed by atoms with Crippen molar-refractivity contribution in [3.05, 3.63) is 16.3 Å². The van der Waals surface area contributed by atoms with Gasteiger partial charge in [0.15, 0.2) is 0 Å². The third kappa shape index (κ3) is 18.9. The second kappa shape index (κ2) is 18.4. The first-order valence-electron chi connectivity index (χ1n) is 12.8. The van der Waals surface area contributed by atoms with E-state index < -0.39 is 17.2 Å². The Labute approximate surface area is 235 Å². The highest BCUT2D eigenvalue weighted by Crippen LogP contribution is 2.12. The number of aromatic nitrogens is 3. The molecule has 0 bridgehead atoms. The fourth-order valence-electron chi connectivity index (χ4n) is 2.96. The lowest BCUT2D eigenvalue weighted by atomic mass is 10.0. The lowest BCUT2D eigenvalue weighted by Crippen LogP contribution is -2.56. The summed E-state index contributed by atoms with van der Waals surface area (Å²) in [7, 11) is 0. The van der Waals surface area contributed by atoms with Gasteiger partial charge >= 0.3 is 11.8 Å². The van der Waals surface area contributed by atoms with Crippen LogP contribution in [-0.4, -0.2) is 73.8 Å². The Morgan fingerprint density at radius 1 is 1.00 bits per heavy atom. The summed E-state index contributed by atoms with van der Waals surface area (Å²) in [6, 6.07) is 0.831. The average Bonchev–Trinajstić information content (AvgIpc) is 3.32. The van der Waals surface area contributed by atoms with Crippen LogP contribution in [0.3, 0.4) is 0 Å². The number of carbonyl (C=O) groups excluding carboxylic acids is 3. The van der Waals surface area contributed by atoms with Crippen molar-refractivity contribution in [3.63, 3.8) is 0 Å². The van der Waals surface area contributed by atoms with Gasteiger partial charge in [-0.15, -0.1) is 0 Å². The number of aromatic amines is 2. The second-order valence-corrected chi connectivity index (χ2v) is 11.3. The summed E-state index contributed by atoms with van der Waals surface area (Å²) < 4.78 is 5.10. The monoisotopic (exact) mass is 559 g/mol. The minimum Gasteiger partial charge on any atom is -0.444 e. The first-order valence-corrected chi connectivity index (χ1v) is 12.8. The zero-order valence-electron chi connectivity index (χ0n) is 24.5. The maximum absolute atomic E-state index is 11.8. The summed E-state index contributed by atoms with van der Waals surface area (Å²) in [4.78, 5) is 49.3. The van der Waals surface area contributed by atoms with Crippen molar-refractivity contribution in [2.24, 2.45) is 0 Å². The van der Waals surface area contributed by atoms with Gasteiger partial charge in [0, 0.05) is 31.1 Å². The molecule has 2 heterocycles. The van der Waals surface area contributed by atoms with Crippen molar-refractivity contribution < 1.29 is 19.1 Å². The molecule has 5 N–H and O–H groups in total. The van der Waals surface area contributed by atoms with Crippen LogP contribution in [-0.2, 0) is 20.9 Å². The van der Waals surface area contributed by atoms with Crippen molar-refractivity contribution >= 4 is 17.9 Å². The van der Waals surface area contributed by atoms with Crippen molar-refractivity contribution in [2.45, 2.75) is 140 Å². The van der Waals surface area contributed by atoms with E-state index in [1.165, 1.54) is 0 Å². The van der Waals surface area contributed by atoms with Crippen molar-refractivity contribution in [1.82, 2.24) is 36.0 Å². The standard InChI is InChI=1S/C12H24N2O3.C7H13NO.C6H12N4O.2CH4/c1-8(2)13-9(15)12(6,7)14-10(16)17-11(3,4)5;1-6(2)8-5-3-4-7(8)9;1-4(2)7-3-5-8-6(11)10-9-5;;/h8H,1-7H3,(H,13,15)(H,14,16);6H,3-5H2,1-2H3;4,7H,3H2,1-2H3,(H2,8,9,10,11);2*1H4. The number of hydrogen-bond donors (Lipinski definition) is 5. The Morgan fingerprint density at radius 2 is 1.56 bits per heavy atom. The normalized spacial score (nSPS) is 13.0. The molecule has 1 aromatic heterocycles. The minimum absolute atomic E-state index is 0. The van der Waals surface area contributed by atoms with Crippen LogP contribution in [0.5, 0.6) is 0 Å². The molecule has 3 amide bonds. The molecular formula is C27H57N7O5. The van der Waals surface area contributed by atoms with Gasteiger partial charge < -0.3 is 25.6 Å². The Bertz CT molecular complexity index is 899. The number of H-pyrrole nitrogens is 2. The number of nitrogens with one attached hydrogen (secondary N) is 5. The zero-order chi connectivity index (χ0) is 29.0. The fourth-order valence-corrected chi connectivity index (χ4v) is 2.96. The number of amides is 3. The van der Waals surface area contributed by atoms with Crippen LogP contribution >= 0.6 is 0 Å². The lowest BCUT2D eigenvalue weighted by molar-refractivity contribution is -0.129. The van der Waals surface area contributed by atoms with Gasteiger partial charge in [-0.1, -0.05) is 28.7 Å². The predicted octanol–water partition coefficient (Wildman–Crippen LogP) is 3.70. The summed E-state index contributed by atoms with van der Waals surface area (Å²) in [6.07, 6.45) is 1.22. The van der Waals surface area contributed by atoms with E-state index in [-0.39, 0.29) is 32.5 Å². The molecule has 1 saturated heterocycles. The van der Waals surface area contributed by atoms with Crippen molar-refractivity contribution in [1.29, 1.82) is 0 Å². The molecule has 12 heteroatoms. The maximum Gasteiger partial charge on any atom is 0.408 e. The third-order valence-electron chi connectivity index (χ3n) is 4.76. The van der Waals surface area contributed by atoms with Gasteiger partial charge in [0.2, 0.25) is 11.8 Å². The second-order valence-electron chi connectivity index (χ2n) is 11.3. The Kier molecular flexibility index (Phi) is 19.2. The average molecular weight is 560 g/mol. The van der Waals surface area contributed by atoms with Crippen LogP contribution in [0.15, 0.2) is 4.79 Å². The Balaban J connectivity index is -0.000000511. The van der Waals surface area contributed by atoms with E-state index >= 15 is 0 Å². The molecule has 0 spiro atoms. The molecule has 0 aromatic carbocycles. The van der Waals surface area contributed by atoms with Gasteiger partial charge in [0.05, 0.1) is 6.54 Å². The van der Waals surface area contributed by atoms with Crippen molar-refractivity contribution in [2.75, 3.05) is 6.54 Å². The molecule has 2 rings (SSSR count). The summed E-state index contributed by atoms with van der Waals surface area (Å²) >= 11 is 0. The van der Waals surface area contributed by atoms with Gasteiger partial charge in [-0.25, -0.2) is 14.7 Å². The van der Waals surface area contributed by atoms with Crippen LogP contribution in [0, 0.1) is 0 Å². The summed E-state index contributed by atoms with van der Waals surface area (Å²) in [5.74, 6) is 0.729. The maximum atomic E-state index is 11.8. The van der Waals surface area contributed by atoms with Gasteiger partial charge in [-0.3, -0.25) is 14.6 Å². The Morgan fingerprint density at radius 3 is 1.90 bits per heavy atom. The number of alkyl carbamates (subject to hydrolysis) is 1. The van der Waals surface area contributed by atoms with Gasteiger partial charge in [-0.2, -0.15) is 5.10 Å². The van der Waals surface area contributed by atoms with E-state index in [0.717, 1.165) is 19.4 Å². The van der Waals surface area contributed by atoms with Crippen LogP contribution in [0.2, 0.25) is 0 Å². The number of ether oxygens (including phenoxy) is 1. The first kappa shape index (κ1) is 40.6. The predicted molar refractivity (Wildman–Crippen MR) is 157 cm³/mol. The number of carbonyl (C=O) groups is 3. The molecule has 0 saturated carbocycles. The fraction of sp³-hybridized carbons (Fsp3) is 0.815. The molecule has 230 valence electrons. The molecule has 0 aliphatic carbocycles. The topological polar surface area (TPSA) is 161 Å². The van der Waals surface area contributed by atoms with E-state index in [9.17, 15) is 19.2 Å². The highest BCUT2D eigenvalue weighted by molar-refractivity contribution is 5.89. The summed E-state index contributed by atoms with van der Waals surface area (Å²) in [5.41, 5.74) is -1.83.